The molecule has 1 aliphatic rings. The van der Waals surface area contributed by atoms with Gasteiger partial charge in [0.25, 0.3) is 0 Å². The van der Waals surface area contributed by atoms with Crippen LogP contribution in [0, 0.1) is 5.92 Å². The van der Waals surface area contributed by atoms with E-state index in [9.17, 15) is 0 Å². The van der Waals surface area contributed by atoms with E-state index in [1.807, 2.05) is 0 Å². The lowest BCUT2D eigenvalue weighted by molar-refractivity contribution is 0.0903. The largest absolute Gasteiger partial charge is 0.380 e. The maximum absolute atomic E-state index is 5.93. The fourth-order valence-electron chi connectivity index (χ4n) is 2.70. The maximum Gasteiger partial charge on any atom is 0.0866 e. The van der Waals surface area contributed by atoms with Gasteiger partial charge in [-0.25, -0.2) is 0 Å². The van der Waals surface area contributed by atoms with Gasteiger partial charge >= 0.3 is 0 Å². The summed E-state index contributed by atoms with van der Waals surface area (Å²) in [5.41, 5.74) is 2.51. The van der Waals surface area contributed by atoms with Crippen LogP contribution in [0.3, 0.4) is 0 Å². The molecular formula is C16H25NO2. The van der Waals surface area contributed by atoms with E-state index in [2.05, 4.69) is 36.5 Å². The molecule has 1 aromatic carbocycles. The Balaban J connectivity index is 2.00. The van der Waals surface area contributed by atoms with Gasteiger partial charge in [0.15, 0.2) is 0 Å². The first kappa shape index (κ1) is 14.5. The summed E-state index contributed by atoms with van der Waals surface area (Å²) in [5, 5.41) is 3.51. The molecule has 0 aromatic heterocycles. The Hall–Kier alpha value is -0.900. The van der Waals surface area contributed by atoms with Crippen molar-refractivity contribution in [2.24, 2.45) is 5.92 Å². The molecule has 1 heterocycles. The minimum atomic E-state index is 0.237. The van der Waals surface area contributed by atoms with Gasteiger partial charge in [-0.1, -0.05) is 31.2 Å². The number of ether oxygens (including phenoxy) is 2. The zero-order valence-corrected chi connectivity index (χ0v) is 12.0. The third-order valence-electron chi connectivity index (χ3n) is 3.64. The van der Waals surface area contributed by atoms with Crippen molar-refractivity contribution in [3.63, 3.8) is 0 Å². The molecule has 0 spiro atoms. The van der Waals surface area contributed by atoms with Crippen LogP contribution in [-0.2, 0) is 16.1 Å². The third kappa shape index (κ3) is 4.03. The van der Waals surface area contributed by atoms with Crippen molar-refractivity contribution < 1.29 is 9.47 Å². The number of methoxy groups -OCH3 is 1. The molecule has 106 valence electrons. The molecule has 2 rings (SSSR count). The molecule has 0 radical (unpaired) electrons. The predicted octanol–water partition coefficient (Wildman–Crippen LogP) is 2.91. The van der Waals surface area contributed by atoms with Crippen molar-refractivity contribution >= 4 is 0 Å². The van der Waals surface area contributed by atoms with Crippen LogP contribution >= 0.6 is 0 Å². The summed E-state index contributed by atoms with van der Waals surface area (Å²) in [5.74, 6) is 0.587. The standard InChI is InChI=1S/C16H25NO2/c1-3-8-17-11-15-7-9-19-16(15)14-6-4-5-13(10-14)12-18-2/h4-6,10,15-17H,3,7-9,11-12H2,1-2H3. The molecule has 1 aromatic rings. The lowest BCUT2D eigenvalue weighted by Crippen LogP contribution is -2.25. The third-order valence-corrected chi connectivity index (χ3v) is 3.64. The van der Waals surface area contributed by atoms with Crippen LogP contribution in [0.1, 0.15) is 37.0 Å². The van der Waals surface area contributed by atoms with Crippen LogP contribution in [0.25, 0.3) is 0 Å². The van der Waals surface area contributed by atoms with Crippen molar-refractivity contribution in [2.45, 2.75) is 32.5 Å². The molecule has 0 aliphatic carbocycles. The number of hydrogen-bond acceptors (Lipinski definition) is 3. The van der Waals surface area contributed by atoms with Crippen LogP contribution in [0.15, 0.2) is 24.3 Å². The quantitative estimate of drug-likeness (QED) is 0.767. The van der Waals surface area contributed by atoms with E-state index in [-0.39, 0.29) is 6.10 Å². The molecule has 0 saturated carbocycles. The second kappa shape index (κ2) is 7.63. The van der Waals surface area contributed by atoms with Gasteiger partial charge in [-0.05, 0) is 30.5 Å². The van der Waals surface area contributed by atoms with Crippen molar-refractivity contribution in [3.8, 4) is 0 Å². The Morgan fingerprint density at radius 2 is 2.32 bits per heavy atom. The molecule has 1 aliphatic heterocycles. The molecular weight excluding hydrogens is 238 g/mol. The van der Waals surface area contributed by atoms with Crippen LogP contribution in [-0.4, -0.2) is 26.8 Å². The second-order valence-electron chi connectivity index (χ2n) is 5.22. The summed E-state index contributed by atoms with van der Waals surface area (Å²) in [7, 11) is 1.73. The molecule has 19 heavy (non-hydrogen) atoms. The average molecular weight is 263 g/mol. The van der Waals surface area contributed by atoms with Gasteiger partial charge in [0.1, 0.15) is 0 Å². The van der Waals surface area contributed by atoms with E-state index in [0.29, 0.717) is 12.5 Å². The van der Waals surface area contributed by atoms with Crippen molar-refractivity contribution in [1.29, 1.82) is 0 Å². The lowest BCUT2D eigenvalue weighted by atomic mass is 9.94. The van der Waals surface area contributed by atoms with Gasteiger partial charge in [0, 0.05) is 26.2 Å². The first-order valence-electron chi connectivity index (χ1n) is 7.25. The van der Waals surface area contributed by atoms with E-state index in [4.69, 9.17) is 9.47 Å². The van der Waals surface area contributed by atoms with Crippen LogP contribution in [0.5, 0.6) is 0 Å². The smallest absolute Gasteiger partial charge is 0.0866 e. The fourth-order valence-corrected chi connectivity index (χ4v) is 2.70. The zero-order valence-electron chi connectivity index (χ0n) is 12.0. The Bertz CT molecular complexity index is 381. The molecule has 2 unspecified atom stereocenters. The molecule has 0 bridgehead atoms. The molecule has 1 fully saturated rings. The molecule has 1 saturated heterocycles. The predicted molar refractivity (Wildman–Crippen MR) is 77.1 cm³/mol. The van der Waals surface area contributed by atoms with Gasteiger partial charge in [0.2, 0.25) is 0 Å². The summed E-state index contributed by atoms with van der Waals surface area (Å²) in [6.45, 7) is 5.88. The Labute approximate surface area is 116 Å². The zero-order chi connectivity index (χ0) is 13.5. The van der Waals surface area contributed by atoms with Crippen LogP contribution in [0.2, 0.25) is 0 Å². The topological polar surface area (TPSA) is 30.5 Å². The number of nitrogens with one attached hydrogen (secondary N) is 1. The van der Waals surface area contributed by atoms with Gasteiger partial charge < -0.3 is 14.8 Å². The Morgan fingerprint density at radius 3 is 3.11 bits per heavy atom. The minimum absolute atomic E-state index is 0.237. The van der Waals surface area contributed by atoms with E-state index in [1.165, 1.54) is 17.5 Å². The van der Waals surface area contributed by atoms with Crippen LogP contribution in [0.4, 0.5) is 0 Å². The Morgan fingerprint density at radius 1 is 1.42 bits per heavy atom. The maximum atomic E-state index is 5.93. The normalized spacial score (nSPS) is 22.8. The first-order chi connectivity index (χ1) is 9.35. The number of benzene rings is 1. The van der Waals surface area contributed by atoms with Crippen LogP contribution < -0.4 is 5.32 Å². The number of hydrogen-bond donors (Lipinski definition) is 1. The average Bonchev–Trinajstić information content (AvgIpc) is 2.88. The van der Waals surface area contributed by atoms with E-state index in [1.54, 1.807) is 7.11 Å². The summed E-state index contributed by atoms with van der Waals surface area (Å²) in [6.07, 6.45) is 2.57. The highest BCUT2D eigenvalue weighted by Crippen LogP contribution is 2.34. The Kier molecular flexibility index (Phi) is 5.83. The highest BCUT2D eigenvalue weighted by molar-refractivity contribution is 5.26. The summed E-state index contributed by atoms with van der Waals surface area (Å²) in [4.78, 5) is 0. The lowest BCUT2D eigenvalue weighted by Gasteiger charge is -2.20. The van der Waals surface area contributed by atoms with Crippen molar-refractivity contribution in [3.05, 3.63) is 35.4 Å². The number of rotatable bonds is 7. The van der Waals surface area contributed by atoms with Gasteiger partial charge in [-0.2, -0.15) is 0 Å². The van der Waals surface area contributed by atoms with Gasteiger partial charge in [-0.3, -0.25) is 0 Å². The summed E-state index contributed by atoms with van der Waals surface area (Å²) < 4.78 is 11.1. The monoisotopic (exact) mass is 263 g/mol. The molecule has 3 heteroatoms. The first-order valence-corrected chi connectivity index (χ1v) is 7.25. The van der Waals surface area contributed by atoms with E-state index in [0.717, 1.165) is 26.1 Å². The molecule has 2 atom stereocenters. The minimum Gasteiger partial charge on any atom is -0.380 e. The SMILES string of the molecule is CCCNCC1CCOC1c1cccc(COC)c1. The van der Waals surface area contributed by atoms with Gasteiger partial charge in [0.05, 0.1) is 12.7 Å². The summed E-state index contributed by atoms with van der Waals surface area (Å²) >= 11 is 0. The highest BCUT2D eigenvalue weighted by atomic mass is 16.5. The van der Waals surface area contributed by atoms with Crippen molar-refractivity contribution in [1.82, 2.24) is 5.32 Å². The molecule has 3 nitrogen and oxygen atoms in total. The fraction of sp³-hybridized carbons (Fsp3) is 0.625. The highest BCUT2D eigenvalue weighted by Gasteiger charge is 2.29. The molecule has 0 amide bonds. The van der Waals surface area contributed by atoms with Gasteiger partial charge in [-0.15, -0.1) is 0 Å². The second-order valence-corrected chi connectivity index (χ2v) is 5.22. The molecule has 1 N–H and O–H groups in total. The van der Waals surface area contributed by atoms with E-state index >= 15 is 0 Å². The summed E-state index contributed by atoms with van der Waals surface area (Å²) in [6, 6.07) is 8.59. The van der Waals surface area contributed by atoms with Crippen molar-refractivity contribution in [2.75, 3.05) is 26.8 Å². The van der Waals surface area contributed by atoms with E-state index < -0.39 is 0 Å².